The van der Waals surface area contributed by atoms with Crippen molar-refractivity contribution in [2.75, 3.05) is 0 Å². The van der Waals surface area contributed by atoms with Crippen molar-refractivity contribution < 1.29 is 4.79 Å². The minimum atomic E-state index is 0.163. The highest BCUT2D eigenvalue weighted by molar-refractivity contribution is 6.42. The zero-order valence-corrected chi connectivity index (χ0v) is 10.0. The third kappa shape index (κ3) is 3.69. The number of allylic oxidation sites excluding steroid dienone is 1. The lowest BCUT2D eigenvalue weighted by Crippen LogP contribution is -1.91. The van der Waals surface area contributed by atoms with Crippen LogP contribution in [0, 0.1) is 0 Å². The highest BCUT2D eigenvalue weighted by Gasteiger charge is 2.04. The first-order valence-electron chi connectivity index (χ1n) is 4.63. The molecule has 0 heterocycles. The molecule has 0 atom stereocenters. The maximum Gasteiger partial charge on any atom is 0.130 e. The third-order valence-corrected chi connectivity index (χ3v) is 2.85. The van der Waals surface area contributed by atoms with Gasteiger partial charge >= 0.3 is 0 Å². The fourth-order valence-electron chi connectivity index (χ4n) is 1.19. The van der Waals surface area contributed by atoms with Crippen molar-refractivity contribution in [1.82, 2.24) is 0 Å². The summed E-state index contributed by atoms with van der Waals surface area (Å²) in [6, 6.07) is 5.36. The van der Waals surface area contributed by atoms with Gasteiger partial charge < -0.3 is 4.79 Å². The summed E-state index contributed by atoms with van der Waals surface area (Å²) in [5.41, 5.74) is 1.84. The van der Waals surface area contributed by atoms with Crippen LogP contribution in [0.5, 0.6) is 0 Å². The highest BCUT2D eigenvalue weighted by Crippen LogP contribution is 2.27. The van der Waals surface area contributed by atoms with Crippen LogP contribution in [0.25, 0.3) is 5.57 Å². The molecule has 0 amide bonds. The molecule has 0 spiro atoms. The van der Waals surface area contributed by atoms with Crippen LogP contribution in [0.4, 0.5) is 0 Å². The van der Waals surface area contributed by atoms with E-state index in [1.54, 1.807) is 19.1 Å². The Hall–Kier alpha value is -0.790. The molecule has 0 aliphatic heterocycles. The van der Waals surface area contributed by atoms with Crippen molar-refractivity contribution in [3.05, 3.63) is 40.4 Å². The van der Waals surface area contributed by atoms with Gasteiger partial charge in [-0.2, -0.15) is 0 Å². The Bertz CT molecular complexity index is 397. The van der Waals surface area contributed by atoms with Gasteiger partial charge in [-0.3, -0.25) is 0 Å². The number of hydrogen-bond donors (Lipinski definition) is 0. The molecule has 0 aromatic heterocycles. The van der Waals surface area contributed by atoms with E-state index in [0.29, 0.717) is 22.9 Å². The van der Waals surface area contributed by atoms with Gasteiger partial charge in [-0.15, -0.1) is 0 Å². The van der Waals surface area contributed by atoms with Crippen LogP contribution >= 0.6 is 23.2 Å². The number of Topliss-reactive ketones (excluding diaryl/α,β-unsaturated/α-hetero) is 1. The average molecular weight is 243 g/mol. The highest BCUT2D eigenvalue weighted by atomic mass is 35.5. The summed E-state index contributed by atoms with van der Waals surface area (Å²) in [7, 11) is 0. The Morgan fingerprint density at radius 2 is 1.93 bits per heavy atom. The van der Waals surface area contributed by atoms with E-state index in [1.165, 1.54) is 0 Å². The van der Waals surface area contributed by atoms with Gasteiger partial charge in [0.05, 0.1) is 10.0 Å². The lowest BCUT2D eigenvalue weighted by molar-refractivity contribution is -0.116. The summed E-state index contributed by atoms with van der Waals surface area (Å²) in [5, 5.41) is 1.04. The smallest absolute Gasteiger partial charge is 0.130 e. The Balaban J connectivity index is 2.74. The molecule has 0 aliphatic rings. The Morgan fingerprint density at radius 3 is 2.47 bits per heavy atom. The second-order valence-electron chi connectivity index (χ2n) is 3.43. The maximum atomic E-state index is 10.8. The van der Waals surface area contributed by atoms with E-state index >= 15 is 0 Å². The molecule has 0 fully saturated rings. The Labute approximate surface area is 99.7 Å². The van der Waals surface area contributed by atoms with Crippen molar-refractivity contribution in [2.24, 2.45) is 0 Å². The summed E-state index contributed by atoms with van der Waals surface area (Å²) in [6.07, 6.45) is 1.17. The first-order valence-corrected chi connectivity index (χ1v) is 5.39. The van der Waals surface area contributed by atoms with Crippen LogP contribution in [-0.4, -0.2) is 5.78 Å². The van der Waals surface area contributed by atoms with Gasteiger partial charge in [0.25, 0.3) is 0 Å². The molecular formula is C12H12Cl2O. The lowest BCUT2D eigenvalue weighted by Gasteiger charge is -2.05. The van der Waals surface area contributed by atoms with Gasteiger partial charge in [-0.1, -0.05) is 35.8 Å². The molecule has 0 unspecified atom stereocenters. The number of carbonyl (C=O) groups excluding carboxylic acids is 1. The molecular weight excluding hydrogens is 231 g/mol. The fraction of sp³-hybridized carbons (Fsp3) is 0.250. The largest absolute Gasteiger partial charge is 0.300 e. The van der Waals surface area contributed by atoms with Crippen LogP contribution < -0.4 is 0 Å². The van der Waals surface area contributed by atoms with E-state index in [9.17, 15) is 4.79 Å². The molecule has 3 heteroatoms. The first-order chi connectivity index (χ1) is 7.00. The monoisotopic (exact) mass is 242 g/mol. The molecule has 0 radical (unpaired) electrons. The molecule has 0 bridgehead atoms. The van der Waals surface area contributed by atoms with E-state index in [2.05, 4.69) is 6.58 Å². The SMILES string of the molecule is C=C(CCC(C)=O)c1ccc(Cl)c(Cl)c1. The average Bonchev–Trinajstić information content (AvgIpc) is 2.18. The van der Waals surface area contributed by atoms with E-state index in [0.717, 1.165) is 11.1 Å². The molecule has 0 saturated carbocycles. The van der Waals surface area contributed by atoms with Gasteiger partial charge in [0, 0.05) is 6.42 Å². The van der Waals surface area contributed by atoms with Crippen LogP contribution in [0.3, 0.4) is 0 Å². The number of ketones is 1. The van der Waals surface area contributed by atoms with Crippen molar-refractivity contribution >= 4 is 34.6 Å². The molecule has 15 heavy (non-hydrogen) atoms. The number of rotatable bonds is 4. The molecule has 1 nitrogen and oxygen atoms in total. The zero-order valence-electron chi connectivity index (χ0n) is 8.52. The van der Waals surface area contributed by atoms with Crippen molar-refractivity contribution in [1.29, 1.82) is 0 Å². The summed E-state index contributed by atoms with van der Waals surface area (Å²) >= 11 is 11.7. The van der Waals surface area contributed by atoms with Crippen LogP contribution in [0.1, 0.15) is 25.3 Å². The predicted octanol–water partition coefficient (Wildman–Crippen LogP) is 4.38. The number of benzene rings is 1. The summed E-state index contributed by atoms with van der Waals surface area (Å²) in [5.74, 6) is 0.163. The first kappa shape index (κ1) is 12.3. The predicted molar refractivity (Wildman–Crippen MR) is 65.4 cm³/mol. The van der Waals surface area contributed by atoms with E-state index in [4.69, 9.17) is 23.2 Å². The van der Waals surface area contributed by atoms with Crippen LogP contribution in [0.2, 0.25) is 10.0 Å². The molecule has 1 aromatic rings. The Morgan fingerprint density at radius 1 is 1.27 bits per heavy atom. The molecule has 0 aliphatic carbocycles. The van der Waals surface area contributed by atoms with E-state index < -0.39 is 0 Å². The third-order valence-electron chi connectivity index (χ3n) is 2.11. The molecule has 1 aromatic carbocycles. The molecule has 80 valence electrons. The van der Waals surface area contributed by atoms with Gasteiger partial charge in [0.15, 0.2) is 0 Å². The normalized spacial score (nSPS) is 10.1. The minimum absolute atomic E-state index is 0.163. The van der Waals surface area contributed by atoms with Gasteiger partial charge in [-0.25, -0.2) is 0 Å². The van der Waals surface area contributed by atoms with E-state index in [-0.39, 0.29) is 5.78 Å². The van der Waals surface area contributed by atoms with E-state index in [1.807, 2.05) is 6.07 Å². The fourth-order valence-corrected chi connectivity index (χ4v) is 1.49. The number of carbonyl (C=O) groups is 1. The van der Waals surface area contributed by atoms with Crippen molar-refractivity contribution in [3.8, 4) is 0 Å². The van der Waals surface area contributed by atoms with Crippen LogP contribution in [-0.2, 0) is 4.79 Å². The zero-order chi connectivity index (χ0) is 11.4. The quantitative estimate of drug-likeness (QED) is 0.767. The summed E-state index contributed by atoms with van der Waals surface area (Å²) in [4.78, 5) is 10.8. The Kier molecular flexibility index (Phi) is 4.37. The molecule has 0 N–H and O–H groups in total. The van der Waals surface area contributed by atoms with Gasteiger partial charge in [0.2, 0.25) is 0 Å². The van der Waals surface area contributed by atoms with Gasteiger partial charge in [-0.05, 0) is 36.6 Å². The topological polar surface area (TPSA) is 17.1 Å². The summed E-state index contributed by atoms with van der Waals surface area (Å²) in [6.45, 7) is 5.49. The second kappa shape index (κ2) is 5.34. The lowest BCUT2D eigenvalue weighted by atomic mass is 10.0. The maximum absolute atomic E-state index is 10.8. The molecule has 1 rings (SSSR count). The molecule has 0 saturated heterocycles. The van der Waals surface area contributed by atoms with Crippen LogP contribution in [0.15, 0.2) is 24.8 Å². The number of hydrogen-bond acceptors (Lipinski definition) is 1. The summed E-state index contributed by atoms with van der Waals surface area (Å²) < 4.78 is 0. The van der Waals surface area contributed by atoms with Crippen molar-refractivity contribution in [2.45, 2.75) is 19.8 Å². The minimum Gasteiger partial charge on any atom is -0.300 e. The second-order valence-corrected chi connectivity index (χ2v) is 4.25. The van der Waals surface area contributed by atoms with Gasteiger partial charge in [0.1, 0.15) is 5.78 Å². The number of halogens is 2. The standard InChI is InChI=1S/C12H12Cl2O/c1-8(3-4-9(2)15)10-5-6-11(13)12(14)7-10/h5-7H,1,3-4H2,2H3. The van der Waals surface area contributed by atoms with Crippen molar-refractivity contribution in [3.63, 3.8) is 0 Å².